The third-order valence-electron chi connectivity index (χ3n) is 5.28. The molecule has 0 saturated carbocycles. The van der Waals surface area contributed by atoms with Crippen LogP contribution in [0.2, 0.25) is 0 Å². The zero-order valence-corrected chi connectivity index (χ0v) is 19.0. The lowest BCUT2D eigenvalue weighted by atomic mass is 10.1. The Hall–Kier alpha value is -2.77. The van der Waals surface area contributed by atoms with Gasteiger partial charge in [-0.05, 0) is 52.3 Å². The van der Waals surface area contributed by atoms with Gasteiger partial charge in [0.05, 0.1) is 33.9 Å². The number of rotatable bonds is 5. The molecule has 4 heterocycles. The van der Waals surface area contributed by atoms with Crippen LogP contribution in [0.3, 0.4) is 0 Å². The lowest BCUT2D eigenvalue weighted by Crippen LogP contribution is -2.52. The van der Waals surface area contributed by atoms with Gasteiger partial charge < -0.3 is 14.8 Å². The molecule has 4 rings (SSSR count). The molecule has 0 amide bonds. The Balaban J connectivity index is 1.69. The van der Waals surface area contributed by atoms with Gasteiger partial charge in [-0.1, -0.05) is 12.7 Å². The van der Waals surface area contributed by atoms with Crippen LogP contribution in [0.15, 0.2) is 37.3 Å². The van der Waals surface area contributed by atoms with Crippen molar-refractivity contribution in [1.82, 2.24) is 25.1 Å². The molecular weight excluding hydrogens is 390 g/mol. The summed E-state index contributed by atoms with van der Waals surface area (Å²) in [5, 5.41) is 8.77. The molecule has 0 spiro atoms. The molecule has 1 saturated heterocycles. The lowest BCUT2D eigenvalue weighted by molar-refractivity contribution is -0.107. The van der Waals surface area contributed by atoms with E-state index in [1.54, 1.807) is 12.3 Å². The molecule has 1 unspecified atom stereocenters. The van der Waals surface area contributed by atoms with Gasteiger partial charge in [-0.2, -0.15) is 5.10 Å². The fraction of sp³-hybridized carbons (Fsp3) is 0.458. The molecule has 0 aromatic carbocycles. The van der Waals surface area contributed by atoms with Crippen molar-refractivity contribution >= 4 is 17.0 Å². The summed E-state index contributed by atoms with van der Waals surface area (Å²) in [5.74, 6) is 0.541. The average molecular weight is 422 g/mol. The summed E-state index contributed by atoms with van der Waals surface area (Å²) in [4.78, 5) is 9.45. The maximum absolute atomic E-state index is 6.21. The van der Waals surface area contributed by atoms with Crippen LogP contribution in [0.1, 0.15) is 40.2 Å². The van der Waals surface area contributed by atoms with E-state index in [-0.39, 0.29) is 17.2 Å². The van der Waals surface area contributed by atoms with Crippen LogP contribution in [0.5, 0.6) is 5.88 Å². The summed E-state index contributed by atoms with van der Waals surface area (Å²) in [6, 6.07) is 3.98. The molecule has 1 atom stereocenters. The summed E-state index contributed by atoms with van der Waals surface area (Å²) >= 11 is 0. The summed E-state index contributed by atoms with van der Waals surface area (Å²) in [6.07, 6.45) is 7.36. The Kier molecular flexibility index (Phi) is 5.58. The number of ether oxygens (including phenoxy) is 2. The first-order valence-corrected chi connectivity index (χ1v) is 10.6. The molecule has 1 aliphatic heterocycles. The van der Waals surface area contributed by atoms with Gasteiger partial charge in [0.15, 0.2) is 0 Å². The van der Waals surface area contributed by atoms with Gasteiger partial charge in [-0.15, -0.1) is 0 Å². The minimum Gasteiger partial charge on any atom is -0.474 e. The Morgan fingerprint density at radius 2 is 2.13 bits per heavy atom. The Morgan fingerprint density at radius 1 is 1.32 bits per heavy atom. The SMILES string of the molecule is C=Cc1cnc2cc(-c3cnn(C(C)(C)C)c3)nc(OCC3CNCC(C)(C)O3)c2c1. The quantitative estimate of drug-likeness (QED) is 0.670. The minimum atomic E-state index is -0.220. The molecule has 7 nitrogen and oxygen atoms in total. The number of aromatic nitrogens is 4. The van der Waals surface area contributed by atoms with Crippen LogP contribution >= 0.6 is 0 Å². The third-order valence-corrected chi connectivity index (χ3v) is 5.28. The summed E-state index contributed by atoms with van der Waals surface area (Å²) < 4.78 is 14.3. The average Bonchev–Trinajstić information content (AvgIpc) is 3.21. The summed E-state index contributed by atoms with van der Waals surface area (Å²) in [6.45, 7) is 16.3. The van der Waals surface area contributed by atoms with Gasteiger partial charge in [-0.3, -0.25) is 9.67 Å². The van der Waals surface area contributed by atoms with Crippen molar-refractivity contribution in [3.63, 3.8) is 0 Å². The topological polar surface area (TPSA) is 74.1 Å². The maximum Gasteiger partial charge on any atom is 0.223 e. The number of nitrogens with zero attached hydrogens (tertiary/aromatic N) is 4. The second-order valence-electron chi connectivity index (χ2n) is 9.64. The molecule has 3 aromatic rings. The van der Waals surface area contributed by atoms with Crippen molar-refractivity contribution in [3.8, 4) is 17.1 Å². The molecule has 0 aliphatic carbocycles. The monoisotopic (exact) mass is 421 g/mol. The van der Waals surface area contributed by atoms with Gasteiger partial charge in [0.2, 0.25) is 5.88 Å². The van der Waals surface area contributed by atoms with Crippen molar-refractivity contribution in [1.29, 1.82) is 0 Å². The largest absolute Gasteiger partial charge is 0.474 e. The van der Waals surface area contributed by atoms with Gasteiger partial charge in [0.25, 0.3) is 0 Å². The van der Waals surface area contributed by atoms with E-state index in [4.69, 9.17) is 14.5 Å². The number of hydrogen-bond acceptors (Lipinski definition) is 6. The highest BCUT2D eigenvalue weighted by Crippen LogP contribution is 2.30. The van der Waals surface area contributed by atoms with Crippen LogP contribution in [0, 0.1) is 0 Å². The van der Waals surface area contributed by atoms with Crippen LogP contribution in [0.4, 0.5) is 0 Å². The Labute approximate surface area is 183 Å². The van der Waals surface area contributed by atoms with Crippen molar-refractivity contribution < 1.29 is 9.47 Å². The normalized spacial score (nSPS) is 18.8. The fourth-order valence-corrected chi connectivity index (χ4v) is 3.63. The molecular formula is C24H31N5O2. The number of morpholine rings is 1. The number of nitrogens with one attached hydrogen (secondary N) is 1. The van der Waals surface area contributed by atoms with Crippen molar-refractivity contribution in [2.24, 2.45) is 0 Å². The molecule has 31 heavy (non-hydrogen) atoms. The molecule has 0 bridgehead atoms. The first-order chi connectivity index (χ1) is 14.6. The number of hydrogen-bond donors (Lipinski definition) is 1. The van der Waals surface area contributed by atoms with Crippen molar-refractivity contribution in [2.45, 2.75) is 51.9 Å². The maximum atomic E-state index is 6.21. The molecule has 1 aliphatic rings. The van der Waals surface area contributed by atoms with Gasteiger partial charge >= 0.3 is 0 Å². The first-order valence-electron chi connectivity index (χ1n) is 10.6. The van der Waals surface area contributed by atoms with Crippen LogP contribution < -0.4 is 10.1 Å². The predicted octanol–water partition coefficient (Wildman–Crippen LogP) is 4.04. The molecule has 1 N–H and O–H groups in total. The second-order valence-corrected chi connectivity index (χ2v) is 9.64. The molecule has 0 radical (unpaired) electrons. The summed E-state index contributed by atoms with van der Waals surface area (Å²) in [5.41, 5.74) is 3.11. The molecule has 7 heteroatoms. The van der Waals surface area contributed by atoms with E-state index in [1.165, 1.54) is 0 Å². The van der Waals surface area contributed by atoms with E-state index in [0.29, 0.717) is 12.5 Å². The highest BCUT2D eigenvalue weighted by atomic mass is 16.6. The Bertz CT molecular complexity index is 1100. The van der Waals surface area contributed by atoms with Crippen molar-refractivity contribution in [3.05, 3.63) is 42.9 Å². The van der Waals surface area contributed by atoms with Gasteiger partial charge in [-0.25, -0.2) is 4.98 Å². The van der Waals surface area contributed by atoms with E-state index in [9.17, 15) is 0 Å². The Morgan fingerprint density at radius 3 is 2.81 bits per heavy atom. The minimum absolute atomic E-state index is 0.0524. The van der Waals surface area contributed by atoms with Gasteiger partial charge in [0, 0.05) is 31.0 Å². The predicted molar refractivity (Wildman–Crippen MR) is 123 cm³/mol. The highest BCUT2D eigenvalue weighted by molar-refractivity contribution is 5.88. The lowest BCUT2D eigenvalue weighted by Gasteiger charge is -2.36. The third kappa shape index (κ3) is 4.78. The van der Waals surface area contributed by atoms with E-state index in [1.807, 2.05) is 29.2 Å². The standard InChI is InChI=1S/C24H31N5O2/c1-7-16-8-19-21(26-10-16)9-20(17-11-27-29(13-17)23(2,3)4)28-22(19)30-14-18-12-25-15-24(5,6)31-18/h7-11,13,18,25H,1,12,14-15H2,2-6H3. The first kappa shape index (κ1) is 21.5. The van der Waals surface area contributed by atoms with Gasteiger partial charge in [0.1, 0.15) is 12.7 Å². The zero-order chi connectivity index (χ0) is 22.2. The summed E-state index contributed by atoms with van der Waals surface area (Å²) in [7, 11) is 0. The molecule has 1 fully saturated rings. The zero-order valence-electron chi connectivity index (χ0n) is 19.0. The smallest absolute Gasteiger partial charge is 0.223 e. The second kappa shape index (κ2) is 8.05. The fourth-order valence-electron chi connectivity index (χ4n) is 3.63. The molecule has 3 aromatic heterocycles. The number of pyridine rings is 2. The van der Waals surface area contributed by atoms with E-state index < -0.39 is 0 Å². The van der Waals surface area contributed by atoms with Crippen molar-refractivity contribution in [2.75, 3.05) is 19.7 Å². The van der Waals surface area contributed by atoms with Crippen LogP contribution in [-0.4, -0.2) is 51.1 Å². The van der Waals surface area contributed by atoms with E-state index in [2.05, 4.69) is 56.6 Å². The van der Waals surface area contributed by atoms with Crippen LogP contribution in [-0.2, 0) is 10.3 Å². The number of fused-ring (bicyclic) bond motifs is 1. The molecule has 164 valence electrons. The van der Waals surface area contributed by atoms with Crippen LogP contribution in [0.25, 0.3) is 28.2 Å². The van der Waals surface area contributed by atoms with E-state index >= 15 is 0 Å². The van der Waals surface area contributed by atoms with E-state index in [0.717, 1.165) is 40.8 Å². The highest BCUT2D eigenvalue weighted by Gasteiger charge is 2.29.